The van der Waals surface area contributed by atoms with Gasteiger partial charge in [0, 0.05) is 6.42 Å². The number of aromatic amines is 1. The molecule has 0 atom stereocenters. The summed E-state index contributed by atoms with van der Waals surface area (Å²) in [6.45, 7) is 3.09. The van der Waals surface area contributed by atoms with Gasteiger partial charge < -0.3 is 10.2 Å². The van der Waals surface area contributed by atoms with Gasteiger partial charge in [-0.2, -0.15) is 5.10 Å². The monoisotopic (exact) mass is 408 g/mol. The smallest absolute Gasteiger partial charge is 0.214 e. The maximum absolute atomic E-state index is 6.02. The van der Waals surface area contributed by atoms with E-state index in [0.717, 1.165) is 29.1 Å². The number of rotatable bonds is 7. The summed E-state index contributed by atoms with van der Waals surface area (Å²) in [5.41, 5.74) is 5.34. The van der Waals surface area contributed by atoms with E-state index < -0.39 is 0 Å². The Morgan fingerprint density at radius 3 is 2.54 bits per heavy atom. The molecule has 1 heterocycles. The zero-order chi connectivity index (χ0) is 18.5. The van der Waals surface area contributed by atoms with Gasteiger partial charge in [-0.05, 0) is 47.6 Å². The first-order valence-electron chi connectivity index (χ1n) is 8.12. The van der Waals surface area contributed by atoms with E-state index in [0.29, 0.717) is 28.0 Å². The van der Waals surface area contributed by atoms with Crippen molar-refractivity contribution in [1.82, 2.24) is 14.9 Å². The number of H-pyrrole nitrogens is 1. The summed E-state index contributed by atoms with van der Waals surface area (Å²) >= 11 is 17.2. The lowest BCUT2D eigenvalue weighted by atomic mass is 10.2. The summed E-state index contributed by atoms with van der Waals surface area (Å²) in [6.07, 6.45) is 0.793. The summed E-state index contributed by atoms with van der Waals surface area (Å²) in [7, 11) is 0. The molecule has 0 unspecified atom stereocenters. The van der Waals surface area contributed by atoms with Crippen LogP contribution in [-0.2, 0) is 19.6 Å². The highest BCUT2D eigenvalue weighted by Crippen LogP contribution is 2.23. The Balaban J connectivity index is 1.57. The molecule has 3 rings (SSSR count). The van der Waals surface area contributed by atoms with E-state index in [1.165, 1.54) is 0 Å². The number of nitrogens with one attached hydrogen (secondary N) is 2. The molecule has 0 saturated heterocycles. The van der Waals surface area contributed by atoms with Gasteiger partial charge in [0.15, 0.2) is 5.82 Å². The van der Waals surface area contributed by atoms with Crippen LogP contribution in [0.2, 0.25) is 10.0 Å². The van der Waals surface area contributed by atoms with Crippen LogP contribution in [0.5, 0.6) is 5.75 Å². The molecule has 0 spiro atoms. The number of aromatic nitrogens is 3. The van der Waals surface area contributed by atoms with Crippen molar-refractivity contribution in [3.05, 3.63) is 74.2 Å². The third-order valence-electron chi connectivity index (χ3n) is 3.81. The predicted octanol–water partition coefficient (Wildman–Crippen LogP) is 5.13. The highest BCUT2D eigenvalue weighted by Gasteiger charge is 2.04. The molecule has 0 saturated carbocycles. The van der Waals surface area contributed by atoms with E-state index in [1.54, 1.807) is 10.7 Å². The number of benzene rings is 2. The lowest BCUT2D eigenvalue weighted by Gasteiger charge is -2.11. The molecule has 0 aliphatic heterocycles. The Bertz CT molecular complexity index is 937. The first kappa shape index (κ1) is 18.8. The molecular weight excluding hydrogens is 391 g/mol. The van der Waals surface area contributed by atoms with Gasteiger partial charge in [-0.15, -0.1) is 0 Å². The van der Waals surface area contributed by atoms with Gasteiger partial charge in [-0.3, -0.25) is 5.10 Å². The second-order valence-corrected chi connectivity index (χ2v) is 6.85. The van der Waals surface area contributed by atoms with Gasteiger partial charge in [-0.1, -0.05) is 48.3 Å². The van der Waals surface area contributed by atoms with Crippen molar-refractivity contribution >= 4 is 35.4 Å². The minimum atomic E-state index is 0.429. The Morgan fingerprint density at radius 2 is 1.85 bits per heavy atom. The maximum Gasteiger partial charge on any atom is 0.214 e. The molecule has 0 bridgehead atoms. The second kappa shape index (κ2) is 8.58. The van der Waals surface area contributed by atoms with Crippen molar-refractivity contribution in [2.24, 2.45) is 0 Å². The number of nitrogens with zero attached hydrogens (tertiary/aromatic N) is 2. The Labute approximate surface area is 166 Å². The number of hydrogen-bond donors (Lipinski definition) is 2. The molecule has 5 nitrogen and oxygen atoms in total. The predicted molar refractivity (Wildman–Crippen MR) is 107 cm³/mol. The maximum atomic E-state index is 6.02. The Hall–Kier alpha value is -2.02. The molecule has 26 heavy (non-hydrogen) atoms. The highest BCUT2D eigenvalue weighted by atomic mass is 35.5. The minimum Gasteiger partial charge on any atom is -0.489 e. The third kappa shape index (κ3) is 4.58. The molecule has 0 aliphatic carbocycles. The van der Waals surface area contributed by atoms with Gasteiger partial charge in [0.05, 0.1) is 16.6 Å². The standard InChI is InChI=1S/C18H18Cl2N4OS/c1-2-17-22-23-18(26)24(17)21-10-12-3-6-14(7-4-12)25-11-13-5-8-15(19)16(20)9-13/h3-9,21H,2,10-11H2,1H3,(H,23,26). The second-order valence-electron chi connectivity index (χ2n) is 5.65. The fourth-order valence-electron chi connectivity index (χ4n) is 2.40. The number of aryl methyl sites for hydroxylation is 1. The summed E-state index contributed by atoms with van der Waals surface area (Å²) in [5, 5.41) is 8.02. The van der Waals surface area contributed by atoms with Crippen molar-refractivity contribution in [3.63, 3.8) is 0 Å². The lowest BCUT2D eigenvalue weighted by molar-refractivity contribution is 0.306. The average Bonchev–Trinajstić information content (AvgIpc) is 3.01. The van der Waals surface area contributed by atoms with Crippen LogP contribution in [-0.4, -0.2) is 14.9 Å². The van der Waals surface area contributed by atoms with E-state index in [-0.39, 0.29) is 0 Å². The van der Waals surface area contributed by atoms with E-state index in [2.05, 4.69) is 15.6 Å². The van der Waals surface area contributed by atoms with E-state index in [1.807, 2.05) is 43.3 Å². The molecule has 0 radical (unpaired) electrons. The zero-order valence-corrected chi connectivity index (χ0v) is 16.5. The topological polar surface area (TPSA) is 54.9 Å². The largest absolute Gasteiger partial charge is 0.489 e. The van der Waals surface area contributed by atoms with Crippen LogP contribution in [0.4, 0.5) is 0 Å². The molecule has 0 amide bonds. The molecular formula is C18H18Cl2N4OS. The van der Waals surface area contributed by atoms with E-state index in [4.69, 9.17) is 40.2 Å². The van der Waals surface area contributed by atoms with Crippen LogP contribution in [0.1, 0.15) is 23.9 Å². The summed E-state index contributed by atoms with van der Waals surface area (Å²) in [6, 6.07) is 13.4. The summed E-state index contributed by atoms with van der Waals surface area (Å²) in [5.74, 6) is 1.66. The first-order chi connectivity index (χ1) is 12.6. The Kier molecular flexibility index (Phi) is 6.19. The van der Waals surface area contributed by atoms with Crippen molar-refractivity contribution in [3.8, 4) is 5.75 Å². The molecule has 0 aliphatic rings. The normalized spacial score (nSPS) is 10.7. The molecule has 136 valence electrons. The van der Waals surface area contributed by atoms with E-state index in [9.17, 15) is 0 Å². The van der Waals surface area contributed by atoms with Crippen LogP contribution < -0.4 is 10.2 Å². The van der Waals surface area contributed by atoms with Gasteiger partial charge in [0.25, 0.3) is 0 Å². The molecule has 2 N–H and O–H groups in total. The van der Waals surface area contributed by atoms with Crippen LogP contribution in [0.25, 0.3) is 0 Å². The molecule has 8 heteroatoms. The van der Waals surface area contributed by atoms with Crippen molar-refractivity contribution in [2.45, 2.75) is 26.5 Å². The van der Waals surface area contributed by atoms with Crippen molar-refractivity contribution in [2.75, 3.05) is 5.43 Å². The van der Waals surface area contributed by atoms with Gasteiger partial charge in [-0.25, -0.2) is 4.68 Å². The molecule has 0 fully saturated rings. The zero-order valence-electron chi connectivity index (χ0n) is 14.1. The quantitative estimate of drug-likeness (QED) is 0.531. The third-order valence-corrected chi connectivity index (χ3v) is 4.83. The van der Waals surface area contributed by atoms with Crippen molar-refractivity contribution < 1.29 is 4.74 Å². The van der Waals surface area contributed by atoms with Crippen molar-refractivity contribution in [1.29, 1.82) is 0 Å². The number of ether oxygens (including phenoxy) is 1. The number of halogens is 2. The summed E-state index contributed by atoms with van der Waals surface area (Å²) in [4.78, 5) is 0. The average molecular weight is 409 g/mol. The van der Waals surface area contributed by atoms with Crippen LogP contribution in [0, 0.1) is 4.77 Å². The van der Waals surface area contributed by atoms with Crippen LogP contribution >= 0.6 is 35.4 Å². The van der Waals surface area contributed by atoms with Gasteiger partial charge in [0.1, 0.15) is 12.4 Å². The number of hydrogen-bond acceptors (Lipinski definition) is 4. The molecule has 3 aromatic rings. The summed E-state index contributed by atoms with van der Waals surface area (Å²) < 4.78 is 8.14. The SMILES string of the molecule is CCc1n[nH]c(=S)n1NCc1ccc(OCc2ccc(Cl)c(Cl)c2)cc1. The molecule has 1 aromatic heterocycles. The van der Waals surface area contributed by atoms with Crippen LogP contribution in [0.15, 0.2) is 42.5 Å². The lowest BCUT2D eigenvalue weighted by Crippen LogP contribution is -2.17. The fourth-order valence-corrected chi connectivity index (χ4v) is 2.94. The Morgan fingerprint density at radius 1 is 1.12 bits per heavy atom. The van der Waals surface area contributed by atoms with Gasteiger partial charge in [0.2, 0.25) is 4.77 Å². The first-order valence-corrected chi connectivity index (χ1v) is 9.29. The molecule has 2 aromatic carbocycles. The highest BCUT2D eigenvalue weighted by molar-refractivity contribution is 7.71. The fraction of sp³-hybridized carbons (Fsp3) is 0.222. The van der Waals surface area contributed by atoms with E-state index >= 15 is 0 Å². The minimum absolute atomic E-state index is 0.429. The van der Waals surface area contributed by atoms with Crippen LogP contribution in [0.3, 0.4) is 0 Å². The van der Waals surface area contributed by atoms with Gasteiger partial charge >= 0.3 is 0 Å².